The number of hydrogen-bond acceptors (Lipinski definition) is 30. The van der Waals surface area contributed by atoms with E-state index in [-0.39, 0.29) is 266 Å². The molecule has 65 heavy (non-hydrogen) atoms. The quantitative estimate of drug-likeness (QED) is 0.0551. The molecule has 0 aromatic carbocycles. The number of aliphatic carboxylic acids is 12. The van der Waals surface area contributed by atoms with Gasteiger partial charge in [0.1, 0.15) is 0 Å². The van der Waals surface area contributed by atoms with E-state index in [4.69, 9.17) is 0 Å². The van der Waals surface area contributed by atoms with E-state index in [2.05, 4.69) is 0 Å². The molecule has 0 saturated carbocycles. The van der Waals surface area contributed by atoms with Crippen LogP contribution in [0.3, 0.4) is 0 Å². The Morgan fingerprint density at radius 2 is 0.262 bits per heavy atom. The first kappa shape index (κ1) is 82.6. The van der Waals surface area contributed by atoms with Crippen LogP contribution in [-0.2, 0) is 57.5 Å². The molecule has 0 aromatic heterocycles. The largest absolute Gasteiger partial charge is 3.00 e. The summed E-state index contributed by atoms with van der Waals surface area (Å²) in [7, 11) is 0. The fourth-order valence-corrected chi connectivity index (χ4v) is 4.32. The van der Waals surface area contributed by atoms with Gasteiger partial charge in [0, 0.05) is 118 Å². The summed E-state index contributed by atoms with van der Waals surface area (Å²) in [4.78, 5) is 130. The number of hydrogen-bond donors (Lipinski definition) is 0. The van der Waals surface area contributed by atoms with Crippen molar-refractivity contribution >= 4 is 71.6 Å². The Morgan fingerprint density at radius 1 is 0.200 bits per heavy atom. The van der Waals surface area contributed by atoms with Crippen molar-refractivity contribution in [2.45, 2.75) is 0 Å². The van der Waals surface area contributed by atoms with Gasteiger partial charge in [-0.05, 0) is 0 Å². The van der Waals surface area contributed by atoms with Gasteiger partial charge in [0.05, 0.1) is 71.6 Å². The van der Waals surface area contributed by atoms with Crippen molar-refractivity contribution in [1.82, 2.24) is 29.4 Å². The maximum atomic E-state index is 10.4. The van der Waals surface area contributed by atoms with Crippen molar-refractivity contribution in [1.29, 1.82) is 0 Å². The summed E-state index contributed by atoms with van der Waals surface area (Å²) < 4.78 is 0. The van der Waals surface area contributed by atoms with Gasteiger partial charge >= 0.3 is 227 Å². The molecule has 0 N–H and O–H groups in total. The van der Waals surface area contributed by atoms with E-state index in [1.54, 1.807) is 0 Å². The molecule has 35 heteroatoms. The summed E-state index contributed by atoms with van der Waals surface area (Å²) >= 11 is 0. The van der Waals surface area contributed by atoms with Crippen molar-refractivity contribution in [2.75, 3.05) is 118 Å². The van der Waals surface area contributed by atoms with Gasteiger partial charge < -0.3 is 119 Å². The van der Waals surface area contributed by atoms with Crippen molar-refractivity contribution in [3.05, 3.63) is 0 Å². The van der Waals surface area contributed by atoms with Crippen LogP contribution in [0.2, 0.25) is 0 Å². The molecule has 0 radical (unpaired) electrons. The standard InChI is InChI=1S/3C10H16N2O8.4Eu.Na/c3*13-7(14)3-11(4-8(15)16)1-2-12(5-9(17)18)6-10(19)20;;;;;/h3*1-6H2,(H,13,14)(H,15,16)(H,17,18)(H,19,20);;;;;/q;;;4*+3;+1/p-12. The zero-order valence-corrected chi connectivity index (χ0v) is 45.4. The molecule has 0 unspecified atom stereocenters. The number of carbonyl (C=O) groups is 12. The second-order valence-corrected chi connectivity index (χ2v) is 11.7. The average Bonchev–Trinajstić information content (AvgIpc) is 3.02. The molecular formula is C30H36Eu4N6NaO24+. The van der Waals surface area contributed by atoms with Gasteiger partial charge in [0.25, 0.3) is 0 Å². The van der Waals surface area contributed by atoms with Crippen molar-refractivity contribution < 1.29 is 346 Å². The smallest absolute Gasteiger partial charge is 0.549 e. The Labute approximate surface area is 554 Å². The van der Waals surface area contributed by atoms with Crippen LogP contribution in [0.15, 0.2) is 0 Å². The molecule has 0 amide bonds. The number of nitrogens with zero attached hydrogens (tertiary/aromatic N) is 6. The average molecular weight is 1500 g/mol. The zero-order chi connectivity index (χ0) is 47.1. The summed E-state index contributed by atoms with van der Waals surface area (Å²) in [5, 5.41) is 125. The summed E-state index contributed by atoms with van der Waals surface area (Å²) in [5.41, 5.74) is 0. The first-order chi connectivity index (χ1) is 27.6. The summed E-state index contributed by atoms with van der Waals surface area (Å²) in [6.45, 7) is -9.75. The van der Waals surface area contributed by atoms with Crippen molar-refractivity contribution in [3.63, 3.8) is 0 Å². The van der Waals surface area contributed by atoms with E-state index in [9.17, 15) is 119 Å². The van der Waals surface area contributed by atoms with Crippen LogP contribution in [0.4, 0.5) is 0 Å². The van der Waals surface area contributed by atoms with Gasteiger partial charge in [-0.1, -0.05) is 0 Å². The number of carboxylic acid groups (broad SMARTS) is 12. The third-order valence-corrected chi connectivity index (χ3v) is 6.43. The van der Waals surface area contributed by atoms with Crippen LogP contribution in [-0.4, -0.2) is 219 Å². The van der Waals surface area contributed by atoms with Crippen molar-refractivity contribution in [2.24, 2.45) is 0 Å². The topological polar surface area (TPSA) is 501 Å². The molecule has 0 bridgehead atoms. The summed E-state index contributed by atoms with van der Waals surface area (Å²) in [6.07, 6.45) is 0. The molecule has 0 aliphatic carbocycles. The molecule has 0 heterocycles. The minimum atomic E-state index is -1.53. The Bertz CT molecular complexity index is 1150. The van der Waals surface area contributed by atoms with Crippen LogP contribution in [0, 0.1) is 198 Å². The second kappa shape index (κ2) is 49.7. The summed E-state index contributed by atoms with van der Waals surface area (Å²) in [6, 6.07) is 0. The first-order valence-corrected chi connectivity index (χ1v) is 16.3. The fourth-order valence-electron chi connectivity index (χ4n) is 4.32. The third-order valence-electron chi connectivity index (χ3n) is 6.43. The van der Waals surface area contributed by atoms with Gasteiger partial charge in [-0.25, -0.2) is 0 Å². The monoisotopic (exact) mass is 1500 g/mol. The van der Waals surface area contributed by atoms with Crippen molar-refractivity contribution in [3.8, 4) is 0 Å². The van der Waals surface area contributed by atoms with Crippen LogP contribution < -0.4 is 90.8 Å². The van der Waals surface area contributed by atoms with E-state index < -0.39 is 150 Å². The molecule has 0 atom stereocenters. The van der Waals surface area contributed by atoms with E-state index in [1.807, 2.05) is 0 Å². The Balaban J connectivity index is -0.000000120. The first-order valence-electron chi connectivity index (χ1n) is 16.3. The Hall–Kier alpha value is 0.738. The Morgan fingerprint density at radius 3 is 0.308 bits per heavy atom. The second-order valence-electron chi connectivity index (χ2n) is 11.7. The minimum Gasteiger partial charge on any atom is -0.549 e. The SMILES string of the molecule is O=C([O-])CN(CCN(CC(=O)[O-])CC(=O)[O-])CC(=O)[O-].O=C([O-])CN(CCN(CC(=O)[O-])CC(=O)[O-])CC(=O)[O-].O=C([O-])CN(CCN(CC(=O)[O-])CC(=O)[O-])CC(=O)[O-].[Eu+3].[Eu+3].[Eu+3].[Eu+3].[Na+]. The van der Waals surface area contributed by atoms with Gasteiger partial charge in [-0.2, -0.15) is 0 Å². The van der Waals surface area contributed by atoms with Crippen LogP contribution in [0.1, 0.15) is 0 Å². The van der Waals surface area contributed by atoms with Gasteiger partial charge in [-0.3, -0.25) is 29.4 Å². The molecule has 0 spiro atoms. The molecular weight excluding hydrogens is 1460 g/mol. The molecule has 0 aliphatic rings. The molecule has 0 aromatic rings. The number of rotatable bonds is 33. The molecule has 0 fully saturated rings. The van der Waals surface area contributed by atoms with E-state index in [0.717, 1.165) is 29.4 Å². The normalized spacial score (nSPS) is 9.88. The molecule has 0 aliphatic heterocycles. The van der Waals surface area contributed by atoms with Gasteiger partial charge in [0.15, 0.2) is 0 Å². The van der Waals surface area contributed by atoms with Crippen LogP contribution >= 0.6 is 0 Å². The molecule has 0 rings (SSSR count). The molecule has 30 nitrogen and oxygen atoms in total. The van der Waals surface area contributed by atoms with Crippen LogP contribution in [0.5, 0.6) is 0 Å². The third kappa shape index (κ3) is 62.7. The number of carboxylic acids is 12. The van der Waals surface area contributed by atoms with E-state index >= 15 is 0 Å². The van der Waals surface area contributed by atoms with E-state index in [1.165, 1.54) is 0 Å². The minimum absolute atomic E-state index is 0. The molecule has 358 valence electrons. The van der Waals surface area contributed by atoms with Gasteiger partial charge in [0.2, 0.25) is 0 Å². The number of carbonyl (C=O) groups excluding carboxylic acids is 12. The predicted molar refractivity (Wildman–Crippen MR) is 159 cm³/mol. The fraction of sp³-hybridized carbons (Fsp3) is 0.600. The zero-order valence-electron chi connectivity index (χ0n) is 33.7. The maximum Gasteiger partial charge on any atom is 3.00 e. The van der Waals surface area contributed by atoms with Gasteiger partial charge in [-0.15, -0.1) is 0 Å². The summed E-state index contributed by atoms with van der Waals surface area (Å²) in [5.74, 6) is -18.4. The Kier molecular flexibility index (Phi) is 63.2. The van der Waals surface area contributed by atoms with Crippen LogP contribution in [0.25, 0.3) is 0 Å². The van der Waals surface area contributed by atoms with E-state index in [0.29, 0.717) is 0 Å². The predicted octanol–water partition coefficient (Wildman–Crippen LogP) is -25.2. The maximum absolute atomic E-state index is 10.4. The molecule has 0 saturated heterocycles.